The van der Waals surface area contributed by atoms with Crippen molar-refractivity contribution in [1.29, 1.82) is 0 Å². The molecule has 1 aromatic heterocycles. The molecule has 0 unspecified atom stereocenters. The van der Waals surface area contributed by atoms with Crippen molar-refractivity contribution < 1.29 is 4.79 Å². The number of carbonyl (C=O) groups is 1. The molecule has 3 aromatic rings. The van der Waals surface area contributed by atoms with Gasteiger partial charge in [-0.25, -0.2) is 4.68 Å². The largest absolute Gasteiger partial charge is 0.351 e. The number of nitrogens with zero attached hydrogens (tertiary/aromatic N) is 3. The molecular formula is C22H24N4O2. The number of aromatic nitrogens is 2. The highest BCUT2D eigenvalue weighted by atomic mass is 16.2. The Balaban J connectivity index is 1.35. The third-order valence-corrected chi connectivity index (χ3v) is 5.20. The second-order valence-electron chi connectivity index (χ2n) is 7.42. The van der Waals surface area contributed by atoms with E-state index in [1.54, 1.807) is 12.3 Å². The smallest absolute Gasteiger partial charge is 0.275 e. The number of hydrogen-bond donors (Lipinski definition) is 1. The topological polar surface area (TPSA) is 67.2 Å². The van der Waals surface area contributed by atoms with Gasteiger partial charge in [-0.15, -0.1) is 0 Å². The molecule has 0 bridgehead atoms. The highest BCUT2D eigenvalue weighted by molar-refractivity contribution is 5.81. The van der Waals surface area contributed by atoms with Crippen molar-refractivity contribution in [2.45, 2.75) is 32.5 Å². The van der Waals surface area contributed by atoms with E-state index in [0.29, 0.717) is 5.39 Å². The van der Waals surface area contributed by atoms with Gasteiger partial charge < -0.3 is 5.32 Å². The number of nitrogens with one attached hydrogen (secondary N) is 1. The van der Waals surface area contributed by atoms with Crippen LogP contribution in [0.3, 0.4) is 0 Å². The number of carbonyl (C=O) groups excluding carboxylic acids is 1. The first-order chi connectivity index (χ1) is 13.6. The van der Waals surface area contributed by atoms with Gasteiger partial charge in [-0.2, -0.15) is 5.10 Å². The van der Waals surface area contributed by atoms with E-state index in [-0.39, 0.29) is 24.1 Å². The molecule has 6 heteroatoms. The van der Waals surface area contributed by atoms with Crippen LogP contribution in [-0.2, 0) is 24.3 Å². The number of benzene rings is 2. The Morgan fingerprint density at radius 3 is 2.75 bits per heavy atom. The molecule has 1 amide bonds. The van der Waals surface area contributed by atoms with Crippen LogP contribution in [0.25, 0.3) is 10.8 Å². The molecule has 1 atom stereocenters. The normalized spacial score (nSPS) is 15.2. The zero-order valence-corrected chi connectivity index (χ0v) is 16.0. The van der Waals surface area contributed by atoms with E-state index in [2.05, 4.69) is 39.6 Å². The van der Waals surface area contributed by atoms with E-state index in [1.807, 2.05) is 25.1 Å². The van der Waals surface area contributed by atoms with Gasteiger partial charge in [0.15, 0.2) is 0 Å². The van der Waals surface area contributed by atoms with E-state index in [9.17, 15) is 9.59 Å². The summed E-state index contributed by atoms with van der Waals surface area (Å²) in [7, 11) is 0. The quantitative estimate of drug-likeness (QED) is 0.739. The van der Waals surface area contributed by atoms with Crippen LogP contribution < -0.4 is 10.9 Å². The van der Waals surface area contributed by atoms with Gasteiger partial charge in [0.25, 0.3) is 5.56 Å². The van der Waals surface area contributed by atoms with Crippen molar-refractivity contribution >= 4 is 16.7 Å². The fourth-order valence-electron chi connectivity index (χ4n) is 3.84. The first kappa shape index (κ1) is 18.4. The predicted molar refractivity (Wildman–Crippen MR) is 109 cm³/mol. The van der Waals surface area contributed by atoms with E-state index in [1.165, 1.54) is 15.8 Å². The van der Waals surface area contributed by atoms with Gasteiger partial charge in [0, 0.05) is 31.1 Å². The molecule has 28 heavy (non-hydrogen) atoms. The summed E-state index contributed by atoms with van der Waals surface area (Å²) >= 11 is 0. The molecule has 0 aliphatic carbocycles. The number of hydrogen-bond acceptors (Lipinski definition) is 4. The second-order valence-corrected chi connectivity index (χ2v) is 7.42. The third kappa shape index (κ3) is 3.97. The molecule has 4 rings (SSSR count). The summed E-state index contributed by atoms with van der Waals surface area (Å²) in [5.74, 6) is -0.199. The summed E-state index contributed by atoms with van der Waals surface area (Å²) < 4.78 is 1.22. The molecular weight excluding hydrogens is 352 g/mol. The highest BCUT2D eigenvalue weighted by Gasteiger charge is 2.19. The van der Waals surface area contributed by atoms with E-state index >= 15 is 0 Å². The standard InChI is InChI=1S/C22H24N4O2/c1-16(13-25-11-10-17-6-2-3-8-19(17)14-25)24-21(27)15-26-22(28)20-9-5-4-7-18(20)12-23-26/h2-9,12,16H,10-11,13-15H2,1H3,(H,24,27)/t16-/m0/s1. The van der Waals surface area contributed by atoms with Crippen LogP contribution in [0.5, 0.6) is 0 Å². The average Bonchev–Trinajstić information content (AvgIpc) is 2.70. The van der Waals surface area contributed by atoms with E-state index in [4.69, 9.17) is 0 Å². The minimum atomic E-state index is -0.242. The molecule has 0 saturated heterocycles. The molecule has 1 aliphatic heterocycles. The molecule has 1 aliphatic rings. The highest BCUT2D eigenvalue weighted by Crippen LogP contribution is 2.18. The number of rotatable bonds is 5. The Morgan fingerprint density at radius 1 is 1.14 bits per heavy atom. The van der Waals surface area contributed by atoms with Crippen molar-refractivity contribution in [2.75, 3.05) is 13.1 Å². The second kappa shape index (κ2) is 7.94. The summed E-state index contributed by atoms with van der Waals surface area (Å²) in [5, 5.41) is 8.48. The summed E-state index contributed by atoms with van der Waals surface area (Å²) in [4.78, 5) is 27.3. The lowest BCUT2D eigenvalue weighted by molar-refractivity contribution is -0.122. The van der Waals surface area contributed by atoms with Crippen molar-refractivity contribution in [1.82, 2.24) is 20.0 Å². The fourth-order valence-corrected chi connectivity index (χ4v) is 3.84. The van der Waals surface area contributed by atoms with Crippen LogP contribution in [0.4, 0.5) is 0 Å². The van der Waals surface area contributed by atoms with Crippen LogP contribution in [0.2, 0.25) is 0 Å². The lowest BCUT2D eigenvalue weighted by Gasteiger charge is -2.31. The van der Waals surface area contributed by atoms with E-state index in [0.717, 1.165) is 31.4 Å². The Labute approximate surface area is 163 Å². The Hall–Kier alpha value is -2.99. The molecule has 0 radical (unpaired) electrons. The van der Waals surface area contributed by atoms with Crippen molar-refractivity contribution in [3.8, 4) is 0 Å². The van der Waals surface area contributed by atoms with Crippen LogP contribution in [0.15, 0.2) is 59.5 Å². The lowest BCUT2D eigenvalue weighted by atomic mass is 10.00. The van der Waals surface area contributed by atoms with Gasteiger partial charge in [0.1, 0.15) is 6.54 Å². The van der Waals surface area contributed by atoms with Crippen molar-refractivity contribution in [3.05, 3.63) is 76.2 Å². The molecule has 1 N–H and O–H groups in total. The fraction of sp³-hybridized carbons (Fsp3) is 0.318. The minimum Gasteiger partial charge on any atom is -0.351 e. The zero-order chi connectivity index (χ0) is 19.5. The van der Waals surface area contributed by atoms with Gasteiger partial charge in [-0.3, -0.25) is 14.5 Å². The van der Waals surface area contributed by atoms with Gasteiger partial charge >= 0.3 is 0 Å². The first-order valence-corrected chi connectivity index (χ1v) is 9.63. The van der Waals surface area contributed by atoms with E-state index < -0.39 is 0 Å². The molecule has 0 saturated carbocycles. The van der Waals surface area contributed by atoms with Gasteiger partial charge in [0.05, 0.1) is 11.6 Å². The van der Waals surface area contributed by atoms with Crippen molar-refractivity contribution in [2.24, 2.45) is 0 Å². The molecule has 6 nitrogen and oxygen atoms in total. The maximum atomic E-state index is 12.5. The maximum Gasteiger partial charge on any atom is 0.275 e. The Bertz CT molecular complexity index is 1060. The zero-order valence-electron chi connectivity index (χ0n) is 16.0. The summed E-state index contributed by atoms with van der Waals surface area (Å²) in [5.41, 5.74) is 2.53. The molecule has 144 valence electrons. The molecule has 0 spiro atoms. The molecule has 0 fully saturated rings. The summed E-state index contributed by atoms with van der Waals surface area (Å²) in [6.45, 7) is 4.59. The molecule has 2 heterocycles. The van der Waals surface area contributed by atoms with Crippen molar-refractivity contribution in [3.63, 3.8) is 0 Å². The summed E-state index contributed by atoms with van der Waals surface area (Å²) in [6.07, 6.45) is 2.66. The maximum absolute atomic E-state index is 12.5. The van der Waals surface area contributed by atoms with Gasteiger partial charge in [-0.05, 0) is 30.5 Å². The number of amides is 1. The third-order valence-electron chi connectivity index (χ3n) is 5.20. The summed E-state index contributed by atoms with van der Waals surface area (Å²) in [6, 6.07) is 15.8. The minimum absolute atomic E-state index is 0.00563. The predicted octanol–water partition coefficient (Wildman–Crippen LogP) is 1.96. The Morgan fingerprint density at radius 2 is 1.89 bits per heavy atom. The van der Waals surface area contributed by atoms with Gasteiger partial charge in [0.2, 0.25) is 5.91 Å². The van der Waals surface area contributed by atoms with Crippen LogP contribution in [0.1, 0.15) is 18.1 Å². The van der Waals surface area contributed by atoms with Crippen LogP contribution in [0, 0.1) is 0 Å². The molecule has 2 aromatic carbocycles. The SMILES string of the molecule is C[C@@H](CN1CCc2ccccc2C1)NC(=O)Cn1ncc2ccccc2c1=O. The van der Waals surface area contributed by atoms with Crippen LogP contribution in [-0.4, -0.2) is 39.7 Å². The Kier molecular flexibility index (Phi) is 5.21. The number of fused-ring (bicyclic) bond motifs is 2. The van der Waals surface area contributed by atoms with Crippen LogP contribution >= 0.6 is 0 Å². The lowest BCUT2D eigenvalue weighted by Crippen LogP contribution is -2.45. The monoisotopic (exact) mass is 376 g/mol. The van der Waals surface area contributed by atoms with Gasteiger partial charge in [-0.1, -0.05) is 42.5 Å². The first-order valence-electron chi connectivity index (χ1n) is 9.63. The average molecular weight is 376 g/mol.